The van der Waals surface area contributed by atoms with Gasteiger partial charge in [-0.2, -0.15) is 13.2 Å². The first-order chi connectivity index (χ1) is 21.4. The molecule has 2 aliphatic rings. The fourth-order valence-corrected chi connectivity index (χ4v) is 6.63. The Hall–Kier alpha value is -3.84. The van der Waals surface area contributed by atoms with Crippen molar-refractivity contribution >= 4 is 22.6 Å². The first-order valence-electron chi connectivity index (χ1n) is 15.2. The number of aliphatic hydroxyl groups is 1. The third kappa shape index (κ3) is 7.19. The molecule has 13 heteroatoms. The van der Waals surface area contributed by atoms with Gasteiger partial charge in [-0.25, -0.2) is 0 Å². The van der Waals surface area contributed by atoms with Crippen LogP contribution in [-0.4, -0.2) is 69.6 Å². The lowest BCUT2D eigenvalue weighted by atomic mass is 9.89. The molecule has 0 bridgehead atoms. The molecule has 1 aliphatic carbocycles. The Morgan fingerprint density at radius 3 is 2.38 bits per heavy atom. The van der Waals surface area contributed by atoms with Gasteiger partial charge in [0.2, 0.25) is 5.60 Å². The maximum Gasteiger partial charge on any atom is 0.422 e. The fraction of sp³-hybridized carbons (Fsp3) is 0.531. The zero-order valence-electron chi connectivity index (χ0n) is 25.1. The van der Waals surface area contributed by atoms with Gasteiger partial charge in [0.15, 0.2) is 11.5 Å². The Labute approximate surface area is 258 Å². The standard InChI is InChI=1S/C32H38F3N3O7/c1-44-29-15-22(16-30(39)40)7-10-28(29)45-24-11-13-36(14-12-24)20-31(41,32(33,34)35)26-19-37(18-21-5-3-2-4-6-21)27-17-23(38(42)43)8-9-25(26)27/h7-10,15,17,19,21,24,41H,2-6,11-14,16,18,20H2,1H3,(H,39,40). The van der Waals surface area contributed by atoms with Crippen LogP contribution in [0.1, 0.15) is 56.1 Å². The lowest BCUT2D eigenvalue weighted by Gasteiger charge is -2.39. The number of hydrogen-bond donors (Lipinski definition) is 2. The van der Waals surface area contributed by atoms with Gasteiger partial charge in [-0.05, 0) is 55.4 Å². The number of carboxylic acids is 1. The number of non-ortho nitro benzene ring substituents is 1. The van der Waals surface area contributed by atoms with Crippen LogP contribution in [-0.2, 0) is 23.4 Å². The molecule has 2 heterocycles. The summed E-state index contributed by atoms with van der Waals surface area (Å²) in [6, 6.07) is 8.62. The number of carbonyl (C=O) groups is 1. The van der Waals surface area contributed by atoms with Crippen molar-refractivity contribution in [2.75, 3.05) is 26.7 Å². The zero-order chi connectivity index (χ0) is 32.4. The number of nitro groups is 1. The van der Waals surface area contributed by atoms with Crippen LogP contribution >= 0.6 is 0 Å². The summed E-state index contributed by atoms with van der Waals surface area (Å²) >= 11 is 0. The van der Waals surface area contributed by atoms with Crippen molar-refractivity contribution in [1.29, 1.82) is 0 Å². The maximum absolute atomic E-state index is 14.8. The van der Waals surface area contributed by atoms with Crippen molar-refractivity contribution in [2.45, 2.75) is 75.8 Å². The van der Waals surface area contributed by atoms with Crippen LogP contribution in [0.15, 0.2) is 42.6 Å². The molecule has 10 nitrogen and oxygen atoms in total. The van der Waals surface area contributed by atoms with Crippen LogP contribution in [0.5, 0.6) is 11.5 Å². The first-order valence-corrected chi connectivity index (χ1v) is 15.2. The molecule has 1 saturated heterocycles. The first kappa shape index (κ1) is 32.6. The van der Waals surface area contributed by atoms with Gasteiger partial charge in [0.25, 0.3) is 5.69 Å². The third-order valence-corrected chi connectivity index (χ3v) is 9.03. The number of rotatable bonds is 11. The second kappa shape index (κ2) is 13.3. The molecule has 0 spiro atoms. The second-order valence-corrected chi connectivity index (χ2v) is 12.2. The molecule has 1 unspecified atom stereocenters. The van der Waals surface area contributed by atoms with Crippen LogP contribution in [0.4, 0.5) is 18.9 Å². The molecule has 1 aromatic heterocycles. The van der Waals surface area contributed by atoms with Gasteiger partial charge >= 0.3 is 12.1 Å². The van der Waals surface area contributed by atoms with Crippen molar-refractivity contribution in [3.63, 3.8) is 0 Å². The van der Waals surface area contributed by atoms with E-state index in [1.165, 1.54) is 31.5 Å². The van der Waals surface area contributed by atoms with E-state index in [0.717, 1.165) is 32.1 Å². The fourth-order valence-electron chi connectivity index (χ4n) is 6.63. The molecule has 2 N–H and O–H groups in total. The van der Waals surface area contributed by atoms with E-state index in [1.807, 2.05) is 0 Å². The van der Waals surface area contributed by atoms with E-state index in [4.69, 9.17) is 14.6 Å². The van der Waals surface area contributed by atoms with Gasteiger partial charge in [0.1, 0.15) is 6.10 Å². The number of aliphatic carboxylic acids is 1. The lowest BCUT2D eigenvalue weighted by Crippen LogP contribution is -2.53. The highest BCUT2D eigenvalue weighted by Crippen LogP contribution is 2.44. The van der Waals surface area contributed by atoms with E-state index >= 15 is 0 Å². The summed E-state index contributed by atoms with van der Waals surface area (Å²) in [6.45, 7) is 0.189. The monoisotopic (exact) mass is 633 g/mol. The summed E-state index contributed by atoms with van der Waals surface area (Å²) < 4.78 is 57.6. The zero-order valence-corrected chi connectivity index (χ0v) is 25.1. The summed E-state index contributed by atoms with van der Waals surface area (Å²) in [6.07, 6.45) is 1.66. The van der Waals surface area contributed by atoms with Crippen molar-refractivity contribution in [3.8, 4) is 11.5 Å². The molecule has 1 saturated carbocycles. The average molecular weight is 634 g/mol. The van der Waals surface area contributed by atoms with Gasteiger partial charge in [-0.15, -0.1) is 0 Å². The van der Waals surface area contributed by atoms with Crippen LogP contribution in [0.3, 0.4) is 0 Å². The average Bonchev–Trinajstić information content (AvgIpc) is 3.36. The predicted molar refractivity (Wildman–Crippen MR) is 160 cm³/mol. The molecular weight excluding hydrogens is 595 g/mol. The number of benzene rings is 2. The molecular formula is C32H38F3N3O7. The second-order valence-electron chi connectivity index (χ2n) is 12.2. The minimum absolute atomic E-state index is 0.146. The van der Waals surface area contributed by atoms with E-state index in [2.05, 4.69) is 0 Å². The Bertz CT molecular complexity index is 1530. The third-order valence-electron chi connectivity index (χ3n) is 9.03. The highest BCUT2D eigenvalue weighted by molar-refractivity contribution is 5.87. The number of piperidine rings is 1. The Morgan fingerprint density at radius 1 is 1.04 bits per heavy atom. The molecule has 2 aromatic carbocycles. The van der Waals surface area contributed by atoms with Crippen molar-refractivity contribution in [1.82, 2.24) is 9.47 Å². The smallest absolute Gasteiger partial charge is 0.422 e. The Balaban J connectivity index is 1.36. The van der Waals surface area contributed by atoms with Gasteiger partial charge in [-0.1, -0.05) is 25.3 Å². The van der Waals surface area contributed by atoms with E-state index in [-0.39, 0.29) is 48.2 Å². The van der Waals surface area contributed by atoms with Gasteiger partial charge in [-0.3, -0.25) is 19.8 Å². The Kier molecular flexibility index (Phi) is 9.59. The topological polar surface area (TPSA) is 127 Å². The number of nitro benzene ring substituents is 1. The van der Waals surface area contributed by atoms with E-state index in [0.29, 0.717) is 42.0 Å². The molecule has 244 valence electrons. The minimum Gasteiger partial charge on any atom is -0.493 e. The number of alkyl halides is 3. The molecule has 1 atom stereocenters. The molecule has 5 rings (SSSR count). The predicted octanol–water partition coefficient (Wildman–Crippen LogP) is 6.06. The number of hydrogen-bond acceptors (Lipinski definition) is 7. The number of nitrogens with zero attached hydrogens (tertiary/aromatic N) is 3. The Morgan fingerprint density at radius 2 is 1.76 bits per heavy atom. The summed E-state index contributed by atoms with van der Waals surface area (Å²) in [5.41, 5.74) is -2.88. The summed E-state index contributed by atoms with van der Waals surface area (Å²) in [5, 5.41) is 32.2. The van der Waals surface area contributed by atoms with Crippen molar-refractivity contribution in [3.05, 3.63) is 63.8 Å². The minimum atomic E-state index is -5.02. The van der Waals surface area contributed by atoms with E-state index in [9.17, 15) is 33.2 Å². The van der Waals surface area contributed by atoms with Crippen molar-refractivity contribution < 1.29 is 42.6 Å². The quantitative estimate of drug-likeness (QED) is 0.193. The lowest BCUT2D eigenvalue weighted by molar-refractivity contribution is -0.384. The summed E-state index contributed by atoms with van der Waals surface area (Å²) in [5.74, 6) is 0.0442. The number of methoxy groups -OCH3 is 1. The molecule has 1 aliphatic heterocycles. The largest absolute Gasteiger partial charge is 0.493 e. The van der Waals surface area contributed by atoms with Gasteiger partial charge < -0.3 is 24.3 Å². The molecule has 45 heavy (non-hydrogen) atoms. The SMILES string of the molecule is COc1cc(CC(=O)O)ccc1OC1CCN(CC(O)(c2cn(CC3CCCCC3)c3cc([N+](=O)[O-])ccc23)C(F)(F)F)CC1. The number of halogens is 3. The molecule has 0 radical (unpaired) electrons. The number of carboxylic acid groups (broad SMARTS) is 1. The highest BCUT2D eigenvalue weighted by Gasteiger charge is 2.57. The molecule has 0 amide bonds. The van der Waals surface area contributed by atoms with E-state index < -0.39 is 29.2 Å². The normalized spacial score (nSPS) is 18.5. The summed E-state index contributed by atoms with van der Waals surface area (Å²) in [4.78, 5) is 23.6. The summed E-state index contributed by atoms with van der Waals surface area (Å²) in [7, 11) is 1.44. The van der Waals surface area contributed by atoms with Crippen LogP contribution in [0.25, 0.3) is 10.9 Å². The number of β-amino-alcohol motifs (C(OH)–C–C–N with tert-alkyl or cyclic N) is 1. The number of ether oxygens (including phenoxy) is 2. The number of fused-ring (bicyclic) bond motifs is 1. The van der Waals surface area contributed by atoms with Gasteiger partial charge in [0, 0.05) is 55.5 Å². The van der Waals surface area contributed by atoms with Gasteiger partial charge in [0.05, 0.1) is 24.0 Å². The molecule has 3 aromatic rings. The molecule has 2 fully saturated rings. The highest BCUT2D eigenvalue weighted by atomic mass is 19.4. The number of likely N-dealkylation sites (tertiary alicyclic amines) is 1. The van der Waals surface area contributed by atoms with Crippen LogP contribution in [0, 0.1) is 16.0 Å². The number of aromatic nitrogens is 1. The maximum atomic E-state index is 14.8. The van der Waals surface area contributed by atoms with E-state index in [1.54, 1.807) is 27.7 Å². The van der Waals surface area contributed by atoms with Crippen LogP contribution in [0.2, 0.25) is 0 Å². The van der Waals surface area contributed by atoms with Crippen molar-refractivity contribution in [2.24, 2.45) is 5.92 Å². The van der Waals surface area contributed by atoms with Crippen LogP contribution < -0.4 is 9.47 Å².